The molecule has 0 aliphatic carbocycles. The van der Waals surface area contributed by atoms with Crippen molar-refractivity contribution in [1.82, 2.24) is 9.78 Å². The Bertz CT molecular complexity index is 850. The number of aromatic nitrogens is 2. The van der Waals surface area contributed by atoms with E-state index in [9.17, 15) is 12.8 Å². The summed E-state index contributed by atoms with van der Waals surface area (Å²) in [5.41, 5.74) is 0.341. The Hall–Kier alpha value is -2.40. The summed E-state index contributed by atoms with van der Waals surface area (Å²) in [4.78, 5) is 0.0261. The first-order valence-electron chi connectivity index (χ1n) is 5.99. The lowest BCUT2D eigenvalue weighted by Gasteiger charge is -2.10. The van der Waals surface area contributed by atoms with Gasteiger partial charge in [0.2, 0.25) is 0 Å². The summed E-state index contributed by atoms with van der Waals surface area (Å²) in [5, 5.41) is 13.0. The summed E-state index contributed by atoms with van der Waals surface area (Å²) in [6.45, 7) is 3.18. The summed E-state index contributed by atoms with van der Waals surface area (Å²) in [7, 11) is -2.33. The third kappa shape index (κ3) is 2.60. The molecule has 0 spiro atoms. The van der Waals surface area contributed by atoms with Crippen LogP contribution in [0.3, 0.4) is 0 Å². The predicted octanol–water partition coefficient (Wildman–Crippen LogP) is 1.85. The highest BCUT2D eigenvalue weighted by molar-refractivity contribution is 7.92. The molecule has 0 radical (unpaired) electrons. The highest BCUT2D eigenvalue weighted by atomic mass is 32.2. The molecule has 0 atom stereocenters. The molecule has 0 aliphatic heterocycles. The average molecular weight is 308 g/mol. The largest absolute Gasteiger partial charge is 0.278 e. The number of anilines is 1. The van der Waals surface area contributed by atoms with Gasteiger partial charge in [-0.05, 0) is 26.0 Å². The van der Waals surface area contributed by atoms with Crippen molar-refractivity contribution < 1.29 is 12.8 Å². The second-order valence-electron chi connectivity index (χ2n) is 4.50. The number of sulfonamides is 1. The minimum absolute atomic E-state index is 0.0261. The van der Waals surface area contributed by atoms with E-state index < -0.39 is 15.8 Å². The molecule has 2 aromatic rings. The summed E-state index contributed by atoms with van der Waals surface area (Å²) in [6, 6.07) is 5.41. The fourth-order valence-corrected chi connectivity index (χ4v) is 3.57. The molecule has 0 aliphatic rings. The summed E-state index contributed by atoms with van der Waals surface area (Å²) in [6.07, 6.45) is 0. The second kappa shape index (κ2) is 5.18. The van der Waals surface area contributed by atoms with Crippen LogP contribution in [0, 0.1) is 31.0 Å². The van der Waals surface area contributed by atoms with Crippen molar-refractivity contribution >= 4 is 15.7 Å². The molecule has 0 unspecified atom stereocenters. The summed E-state index contributed by atoms with van der Waals surface area (Å²) >= 11 is 0. The maximum atomic E-state index is 13.5. The molecule has 0 fully saturated rings. The van der Waals surface area contributed by atoms with Gasteiger partial charge in [0.25, 0.3) is 10.0 Å². The topological polar surface area (TPSA) is 87.8 Å². The van der Waals surface area contributed by atoms with Gasteiger partial charge in [0.1, 0.15) is 22.3 Å². The fourth-order valence-electron chi connectivity index (χ4n) is 2.06. The Balaban J connectivity index is 2.53. The molecular weight excluding hydrogens is 295 g/mol. The van der Waals surface area contributed by atoms with E-state index in [1.54, 1.807) is 27.0 Å². The zero-order valence-corrected chi connectivity index (χ0v) is 12.5. The molecule has 2 rings (SSSR count). The third-order valence-electron chi connectivity index (χ3n) is 3.08. The van der Waals surface area contributed by atoms with Gasteiger partial charge >= 0.3 is 0 Å². The van der Waals surface area contributed by atoms with E-state index >= 15 is 0 Å². The zero-order chi connectivity index (χ0) is 15.8. The van der Waals surface area contributed by atoms with Gasteiger partial charge in [-0.15, -0.1) is 0 Å². The smallest absolute Gasteiger partial charge is 0.265 e. The zero-order valence-electron chi connectivity index (χ0n) is 11.7. The van der Waals surface area contributed by atoms with Gasteiger partial charge in [0.15, 0.2) is 0 Å². The molecule has 1 aromatic heterocycles. The number of hydrogen-bond donors (Lipinski definition) is 1. The SMILES string of the molecule is Cc1nn(C)c(C)c1S(=O)(=O)Nc1cccc(F)c1C#N. The van der Waals surface area contributed by atoms with E-state index in [0.717, 1.165) is 6.07 Å². The molecular formula is C13H13FN4O2S. The van der Waals surface area contributed by atoms with Crippen molar-refractivity contribution in [3.63, 3.8) is 0 Å². The summed E-state index contributed by atoms with van der Waals surface area (Å²) < 4.78 is 42.1. The number of rotatable bonds is 3. The van der Waals surface area contributed by atoms with Gasteiger partial charge in [0.05, 0.1) is 17.1 Å². The molecule has 1 aromatic carbocycles. The molecule has 0 saturated carbocycles. The van der Waals surface area contributed by atoms with Crippen LogP contribution in [0.2, 0.25) is 0 Å². The molecule has 0 amide bonds. The van der Waals surface area contributed by atoms with Crippen LogP contribution in [0.1, 0.15) is 17.0 Å². The molecule has 1 heterocycles. The molecule has 0 bridgehead atoms. The monoisotopic (exact) mass is 308 g/mol. The highest BCUT2D eigenvalue weighted by Crippen LogP contribution is 2.25. The van der Waals surface area contributed by atoms with Gasteiger partial charge in [-0.25, -0.2) is 12.8 Å². The summed E-state index contributed by atoms with van der Waals surface area (Å²) in [5.74, 6) is -0.780. The minimum atomic E-state index is -3.95. The Morgan fingerprint density at radius 3 is 2.57 bits per heavy atom. The lowest BCUT2D eigenvalue weighted by atomic mass is 10.2. The van der Waals surface area contributed by atoms with Crippen molar-refractivity contribution in [2.75, 3.05) is 4.72 Å². The van der Waals surface area contributed by atoms with Crippen molar-refractivity contribution in [2.24, 2.45) is 7.05 Å². The third-order valence-corrected chi connectivity index (χ3v) is 4.70. The first kappa shape index (κ1) is 15.0. The lowest BCUT2D eigenvalue weighted by Crippen LogP contribution is -2.16. The van der Waals surface area contributed by atoms with Crippen LogP contribution in [0.15, 0.2) is 23.1 Å². The molecule has 1 N–H and O–H groups in total. The number of aryl methyl sites for hydroxylation is 2. The predicted molar refractivity (Wildman–Crippen MR) is 74.6 cm³/mol. The van der Waals surface area contributed by atoms with E-state index in [1.165, 1.54) is 16.8 Å². The average Bonchev–Trinajstić information content (AvgIpc) is 2.63. The molecule has 6 nitrogen and oxygen atoms in total. The van der Waals surface area contributed by atoms with E-state index in [2.05, 4.69) is 9.82 Å². The molecule has 110 valence electrons. The van der Waals surface area contributed by atoms with Crippen LogP contribution in [-0.2, 0) is 17.1 Å². The van der Waals surface area contributed by atoms with Crippen LogP contribution < -0.4 is 4.72 Å². The van der Waals surface area contributed by atoms with Gasteiger partial charge in [0, 0.05) is 7.05 Å². The van der Waals surface area contributed by atoms with Gasteiger partial charge in [-0.2, -0.15) is 10.4 Å². The van der Waals surface area contributed by atoms with Gasteiger partial charge in [-0.3, -0.25) is 9.40 Å². The number of nitriles is 1. The van der Waals surface area contributed by atoms with Gasteiger partial charge < -0.3 is 0 Å². The van der Waals surface area contributed by atoms with Crippen LogP contribution >= 0.6 is 0 Å². The maximum Gasteiger partial charge on any atom is 0.265 e. The van der Waals surface area contributed by atoms with Crippen LogP contribution in [0.4, 0.5) is 10.1 Å². The van der Waals surface area contributed by atoms with Crippen molar-refractivity contribution in [3.8, 4) is 6.07 Å². The Morgan fingerprint density at radius 1 is 1.38 bits per heavy atom. The Labute approximate surface area is 121 Å². The number of halogens is 1. The van der Waals surface area contributed by atoms with E-state index in [0.29, 0.717) is 11.4 Å². The molecule has 0 saturated heterocycles. The standard InChI is InChI=1S/C13H13FN4O2S/c1-8-13(9(2)18(3)16-8)21(19,20)17-12-6-4-5-11(14)10(12)7-15/h4-6,17H,1-3H3. The van der Waals surface area contributed by atoms with Crippen molar-refractivity contribution in [3.05, 3.63) is 41.0 Å². The van der Waals surface area contributed by atoms with E-state index in [1.807, 2.05) is 0 Å². The highest BCUT2D eigenvalue weighted by Gasteiger charge is 2.25. The van der Waals surface area contributed by atoms with Crippen molar-refractivity contribution in [1.29, 1.82) is 5.26 Å². The number of nitrogens with one attached hydrogen (secondary N) is 1. The number of nitrogens with zero attached hydrogens (tertiary/aromatic N) is 3. The normalized spacial score (nSPS) is 11.2. The number of benzene rings is 1. The lowest BCUT2D eigenvalue weighted by molar-refractivity contribution is 0.599. The molecule has 8 heteroatoms. The van der Waals surface area contributed by atoms with Gasteiger partial charge in [-0.1, -0.05) is 6.07 Å². The fraction of sp³-hybridized carbons (Fsp3) is 0.231. The first-order chi connectivity index (χ1) is 9.77. The van der Waals surface area contributed by atoms with Crippen LogP contribution in [-0.4, -0.2) is 18.2 Å². The van der Waals surface area contributed by atoms with Crippen molar-refractivity contribution in [2.45, 2.75) is 18.7 Å². The Kier molecular flexibility index (Phi) is 3.70. The second-order valence-corrected chi connectivity index (χ2v) is 6.12. The van der Waals surface area contributed by atoms with Crippen LogP contribution in [0.5, 0.6) is 0 Å². The van der Waals surface area contributed by atoms with Crippen LogP contribution in [0.25, 0.3) is 0 Å². The molecule has 21 heavy (non-hydrogen) atoms. The first-order valence-corrected chi connectivity index (χ1v) is 7.48. The maximum absolute atomic E-state index is 13.5. The van der Waals surface area contributed by atoms with E-state index in [-0.39, 0.29) is 16.1 Å². The Morgan fingerprint density at radius 2 is 2.05 bits per heavy atom. The minimum Gasteiger partial charge on any atom is -0.278 e. The van der Waals surface area contributed by atoms with E-state index in [4.69, 9.17) is 5.26 Å². The number of hydrogen-bond acceptors (Lipinski definition) is 4. The quantitative estimate of drug-likeness (QED) is 0.937.